The molecule has 0 unspecified atom stereocenters. The summed E-state index contributed by atoms with van der Waals surface area (Å²) in [5.41, 5.74) is 0. The summed E-state index contributed by atoms with van der Waals surface area (Å²) in [4.78, 5) is 0. The smallest absolute Gasteiger partial charge is 0.0179 e. The minimum absolute atomic E-state index is 0.921. The van der Waals surface area contributed by atoms with E-state index in [-0.39, 0.29) is 0 Å². The van der Waals surface area contributed by atoms with Crippen molar-refractivity contribution in [2.75, 3.05) is 0 Å². The van der Waals surface area contributed by atoms with Gasteiger partial charge in [-0.05, 0) is 49.9 Å². The van der Waals surface area contributed by atoms with Crippen molar-refractivity contribution < 1.29 is 0 Å². The first-order valence-electron chi connectivity index (χ1n) is 13.4. The molecule has 0 aromatic carbocycles. The van der Waals surface area contributed by atoms with E-state index in [1.807, 2.05) is 5.92 Å². The molecule has 0 amide bonds. The van der Waals surface area contributed by atoms with E-state index in [1.165, 1.54) is 122 Å². The van der Waals surface area contributed by atoms with Gasteiger partial charge in [0.05, 0.1) is 0 Å². The Bertz CT molecular complexity index is 246. The Hall–Kier alpha value is 0. The summed E-state index contributed by atoms with van der Waals surface area (Å²) >= 11 is 0. The van der Waals surface area contributed by atoms with Crippen molar-refractivity contribution >= 4 is 0 Å². The third-order valence-corrected chi connectivity index (χ3v) is 6.64. The molecule has 0 spiro atoms. The lowest BCUT2D eigenvalue weighted by Crippen LogP contribution is -2.23. The van der Waals surface area contributed by atoms with Gasteiger partial charge in [-0.15, -0.1) is 0 Å². The van der Waals surface area contributed by atoms with E-state index in [4.69, 9.17) is 0 Å². The van der Waals surface area contributed by atoms with Gasteiger partial charge in [-0.3, -0.25) is 0 Å². The highest BCUT2D eigenvalue weighted by molar-refractivity contribution is 5.02. The van der Waals surface area contributed by atoms with Crippen molar-refractivity contribution in [3.63, 3.8) is 0 Å². The molecule has 2 radical (unpaired) electrons. The highest BCUT2D eigenvalue weighted by Crippen LogP contribution is 2.40. The molecular formula is C28H56. The van der Waals surface area contributed by atoms with E-state index in [0.29, 0.717) is 0 Å². The normalized spacial score (nSPS) is 12.0. The third kappa shape index (κ3) is 14.9. The van der Waals surface area contributed by atoms with Crippen LogP contribution < -0.4 is 0 Å². The molecule has 0 aliphatic rings. The summed E-state index contributed by atoms with van der Waals surface area (Å²) < 4.78 is 0. The van der Waals surface area contributed by atoms with Crippen LogP contribution in [0.1, 0.15) is 156 Å². The minimum atomic E-state index is 0.921. The lowest BCUT2D eigenvalue weighted by molar-refractivity contribution is 0.304. The van der Waals surface area contributed by atoms with Crippen LogP contribution in [0.15, 0.2) is 0 Å². The molecule has 0 aliphatic heterocycles. The Morgan fingerprint density at radius 1 is 0.500 bits per heavy atom. The van der Waals surface area contributed by atoms with E-state index in [1.54, 1.807) is 0 Å². The second-order valence-electron chi connectivity index (χ2n) is 9.26. The fourth-order valence-corrected chi connectivity index (χ4v) is 4.79. The summed E-state index contributed by atoms with van der Waals surface area (Å²) in [6.07, 6.45) is 28.0. The van der Waals surface area contributed by atoms with Crippen LogP contribution in [0.25, 0.3) is 0 Å². The second-order valence-corrected chi connectivity index (χ2v) is 9.26. The van der Waals surface area contributed by atoms with Crippen LogP contribution in [0.3, 0.4) is 0 Å². The highest BCUT2D eigenvalue weighted by atomic mass is 14.3. The summed E-state index contributed by atoms with van der Waals surface area (Å²) in [6.45, 7) is 13.5. The number of rotatable bonds is 22. The van der Waals surface area contributed by atoms with Gasteiger partial charge in [0.25, 0.3) is 0 Å². The zero-order chi connectivity index (χ0) is 20.9. The standard InChI is InChI=1S/C28H56/c1-6-11-16-17-18-19-20-25-28(26(21-12-7-2)22-13-8-3)27(23-14-9-4)24-15-10-5/h26-27H,1,6-25H2,2-5H3. The Morgan fingerprint density at radius 3 is 1.21 bits per heavy atom. The Morgan fingerprint density at radius 2 is 0.857 bits per heavy atom. The molecule has 0 saturated heterocycles. The first-order chi connectivity index (χ1) is 13.7. The molecule has 0 bridgehead atoms. The van der Waals surface area contributed by atoms with Crippen molar-refractivity contribution in [2.45, 2.75) is 156 Å². The quantitative estimate of drug-likeness (QED) is 0.161. The Kier molecular flexibility index (Phi) is 21.7. The SMILES string of the molecule is [CH2]CCCCCCCC[C](C(CCCC)CCCC)C(CCCC)CCCC. The molecule has 0 aliphatic carbocycles. The molecule has 0 aromatic heterocycles. The molecule has 168 valence electrons. The fraction of sp³-hybridized carbons (Fsp3) is 0.929. The van der Waals surface area contributed by atoms with Gasteiger partial charge in [-0.25, -0.2) is 0 Å². The summed E-state index contributed by atoms with van der Waals surface area (Å²) in [6, 6.07) is 0. The highest BCUT2D eigenvalue weighted by Gasteiger charge is 2.28. The van der Waals surface area contributed by atoms with Gasteiger partial charge in [0.1, 0.15) is 0 Å². The van der Waals surface area contributed by atoms with Gasteiger partial charge in [-0.2, -0.15) is 0 Å². The van der Waals surface area contributed by atoms with Gasteiger partial charge < -0.3 is 0 Å². The maximum Gasteiger partial charge on any atom is -0.0179 e. The van der Waals surface area contributed by atoms with Crippen molar-refractivity contribution in [1.29, 1.82) is 0 Å². The van der Waals surface area contributed by atoms with Crippen LogP contribution >= 0.6 is 0 Å². The van der Waals surface area contributed by atoms with Crippen molar-refractivity contribution in [3.8, 4) is 0 Å². The topological polar surface area (TPSA) is 0 Å². The maximum absolute atomic E-state index is 3.98. The summed E-state index contributed by atoms with van der Waals surface area (Å²) in [5, 5.41) is 0. The van der Waals surface area contributed by atoms with Gasteiger partial charge >= 0.3 is 0 Å². The third-order valence-electron chi connectivity index (χ3n) is 6.64. The van der Waals surface area contributed by atoms with Gasteiger partial charge in [0.15, 0.2) is 0 Å². The maximum atomic E-state index is 3.98. The summed E-state index contributed by atoms with van der Waals surface area (Å²) in [5.74, 6) is 3.86. The van der Waals surface area contributed by atoms with E-state index in [9.17, 15) is 0 Å². The molecule has 0 saturated carbocycles. The van der Waals surface area contributed by atoms with Crippen LogP contribution in [0.2, 0.25) is 0 Å². The largest absolute Gasteiger partial charge is 0.0654 e. The molecule has 0 N–H and O–H groups in total. The van der Waals surface area contributed by atoms with Crippen LogP contribution in [-0.4, -0.2) is 0 Å². The lowest BCUT2D eigenvalue weighted by Gasteiger charge is -2.34. The molecule has 0 heteroatoms. The fourth-order valence-electron chi connectivity index (χ4n) is 4.79. The Balaban J connectivity index is 4.88. The average Bonchev–Trinajstić information content (AvgIpc) is 2.71. The molecule has 0 rings (SSSR count). The zero-order valence-corrected chi connectivity index (χ0v) is 20.5. The van der Waals surface area contributed by atoms with Crippen molar-refractivity contribution in [2.24, 2.45) is 11.8 Å². The predicted octanol–water partition coefficient (Wildman–Crippen LogP) is 10.5. The zero-order valence-electron chi connectivity index (χ0n) is 20.5. The first kappa shape index (κ1) is 28.0. The van der Waals surface area contributed by atoms with Crippen LogP contribution in [0.5, 0.6) is 0 Å². The second kappa shape index (κ2) is 21.7. The van der Waals surface area contributed by atoms with Crippen LogP contribution in [0, 0.1) is 24.7 Å². The van der Waals surface area contributed by atoms with Gasteiger partial charge in [0, 0.05) is 0 Å². The van der Waals surface area contributed by atoms with E-state index < -0.39 is 0 Å². The van der Waals surface area contributed by atoms with E-state index >= 15 is 0 Å². The molecule has 0 nitrogen and oxygen atoms in total. The number of hydrogen-bond acceptors (Lipinski definition) is 0. The molecule has 0 aromatic rings. The summed E-state index contributed by atoms with van der Waals surface area (Å²) in [7, 11) is 0. The monoisotopic (exact) mass is 392 g/mol. The van der Waals surface area contributed by atoms with Crippen molar-refractivity contribution in [1.82, 2.24) is 0 Å². The lowest BCUT2D eigenvalue weighted by atomic mass is 9.71. The first-order valence-corrected chi connectivity index (χ1v) is 13.4. The minimum Gasteiger partial charge on any atom is -0.0654 e. The van der Waals surface area contributed by atoms with Crippen LogP contribution in [0.4, 0.5) is 0 Å². The van der Waals surface area contributed by atoms with Crippen LogP contribution in [-0.2, 0) is 0 Å². The van der Waals surface area contributed by atoms with Crippen molar-refractivity contribution in [3.05, 3.63) is 12.8 Å². The van der Waals surface area contributed by atoms with E-state index in [2.05, 4.69) is 34.6 Å². The van der Waals surface area contributed by atoms with Gasteiger partial charge in [0.2, 0.25) is 0 Å². The van der Waals surface area contributed by atoms with Gasteiger partial charge in [-0.1, -0.05) is 131 Å². The predicted molar refractivity (Wildman–Crippen MR) is 131 cm³/mol. The average molecular weight is 393 g/mol. The number of unbranched alkanes of at least 4 members (excludes halogenated alkanes) is 10. The number of hydrogen-bond donors (Lipinski definition) is 0. The molecular weight excluding hydrogens is 336 g/mol. The molecule has 0 atom stereocenters. The Labute approximate surface area is 181 Å². The molecule has 28 heavy (non-hydrogen) atoms. The van der Waals surface area contributed by atoms with E-state index in [0.717, 1.165) is 18.3 Å². The molecule has 0 fully saturated rings. The molecule has 0 heterocycles.